The molecule has 0 aromatic rings. The smallest absolute Gasteiger partial charge is 0.309 e. The van der Waals surface area contributed by atoms with Crippen LogP contribution >= 0.6 is 0 Å². The molecule has 2 atom stereocenters. The van der Waals surface area contributed by atoms with Gasteiger partial charge in [-0.1, -0.05) is 26.2 Å². The summed E-state index contributed by atoms with van der Waals surface area (Å²) in [7, 11) is 0. The van der Waals surface area contributed by atoms with Crippen LogP contribution in [0.3, 0.4) is 0 Å². The van der Waals surface area contributed by atoms with E-state index in [2.05, 4.69) is 6.92 Å². The summed E-state index contributed by atoms with van der Waals surface area (Å²) in [6.07, 6.45) is 3.80. The summed E-state index contributed by atoms with van der Waals surface area (Å²) in [5.41, 5.74) is 0. The highest BCUT2D eigenvalue weighted by Crippen LogP contribution is 2.25. The number of likely N-dealkylation sites (tertiary alicyclic amines) is 1. The SMILES string of the molecule is CCCCCCN1CC(C(=O)O)C(C(=O)O)CC1=O. The van der Waals surface area contributed by atoms with E-state index < -0.39 is 23.8 Å². The number of unbranched alkanes of at least 4 members (excludes halogenated alkanes) is 3. The fourth-order valence-corrected chi connectivity index (χ4v) is 2.38. The predicted octanol–water partition coefficient (Wildman–Crippen LogP) is 1.20. The first kappa shape index (κ1) is 15.5. The lowest BCUT2D eigenvalue weighted by atomic mass is 9.85. The molecule has 2 N–H and O–H groups in total. The summed E-state index contributed by atoms with van der Waals surface area (Å²) >= 11 is 0. The van der Waals surface area contributed by atoms with Gasteiger partial charge in [0.25, 0.3) is 0 Å². The molecule has 0 aliphatic carbocycles. The molecule has 1 amide bonds. The summed E-state index contributed by atoms with van der Waals surface area (Å²) in [4.78, 5) is 35.4. The van der Waals surface area contributed by atoms with Crippen molar-refractivity contribution in [2.45, 2.75) is 39.0 Å². The van der Waals surface area contributed by atoms with Gasteiger partial charge in [-0.2, -0.15) is 0 Å². The van der Waals surface area contributed by atoms with Gasteiger partial charge in [0, 0.05) is 19.5 Å². The Balaban J connectivity index is 2.59. The van der Waals surface area contributed by atoms with Crippen LogP contribution in [0.15, 0.2) is 0 Å². The second-order valence-electron chi connectivity index (χ2n) is 4.99. The van der Waals surface area contributed by atoms with E-state index >= 15 is 0 Å². The second-order valence-corrected chi connectivity index (χ2v) is 4.99. The third-order valence-electron chi connectivity index (χ3n) is 3.57. The number of amides is 1. The van der Waals surface area contributed by atoms with Gasteiger partial charge in [-0.25, -0.2) is 0 Å². The lowest BCUT2D eigenvalue weighted by Crippen LogP contribution is -2.49. The van der Waals surface area contributed by atoms with Crippen LogP contribution in [0, 0.1) is 11.8 Å². The summed E-state index contributed by atoms with van der Waals surface area (Å²) in [6, 6.07) is 0. The average Bonchev–Trinajstić information content (AvgIpc) is 2.35. The number of piperidine rings is 1. The topological polar surface area (TPSA) is 94.9 Å². The molecule has 0 aromatic heterocycles. The molecule has 0 aromatic carbocycles. The predicted molar refractivity (Wildman–Crippen MR) is 67.6 cm³/mol. The highest BCUT2D eigenvalue weighted by molar-refractivity contribution is 5.88. The van der Waals surface area contributed by atoms with Crippen molar-refractivity contribution < 1.29 is 24.6 Å². The second kappa shape index (κ2) is 7.11. The van der Waals surface area contributed by atoms with Crippen LogP contribution in [-0.2, 0) is 14.4 Å². The maximum absolute atomic E-state index is 11.8. The third-order valence-corrected chi connectivity index (χ3v) is 3.57. The molecule has 0 spiro atoms. The molecule has 6 nitrogen and oxygen atoms in total. The Morgan fingerprint density at radius 2 is 1.79 bits per heavy atom. The highest BCUT2D eigenvalue weighted by atomic mass is 16.4. The fraction of sp³-hybridized carbons (Fsp3) is 0.769. The van der Waals surface area contributed by atoms with E-state index in [1.165, 1.54) is 4.90 Å². The number of carboxylic acid groups (broad SMARTS) is 2. The Labute approximate surface area is 112 Å². The standard InChI is InChI=1S/C13H21NO5/c1-2-3-4-5-6-14-8-10(13(18)19)9(12(16)17)7-11(14)15/h9-10H,2-8H2,1H3,(H,16,17)(H,18,19). The number of carboxylic acids is 2. The van der Waals surface area contributed by atoms with Crippen LogP contribution in [0.4, 0.5) is 0 Å². The molecule has 0 saturated carbocycles. The molecule has 1 rings (SSSR count). The number of hydrogen-bond donors (Lipinski definition) is 2. The first-order valence-corrected chi connectivity index (χ1v) is 6.70. The normalized spacial score (nSPS) is 23.4. The Kier molecular flexibility index (Phi) is 5.79. The largest absolute Gasteiger partial charge is 0.481 e. The lowest BCUT2D eigenvalue weighted by Gasteiger charge is -2.34. The van der Waals surface area contributed by atoms with Gasteiger partial charge in [-0.15, -0.1) is 0 Å². The zero-order valence-electron chi connectivity index (χ0n) is 11.2. The van der Waals surface area contributed by atoms with Crippen molar-refractivity contribution in [1.29, 1.82) is 0 Å². The minimum absolute atomic E-state index is 0.0112. The van der Waals surface area contributed by atoms with Gasteiger partial charge in [-0.05, 0) is 6.42 Å². The molecule has 6 heteroatoms. The van der Waals surface area contributed by atoms with E-state index in [4.69, 9.17) is 10.2 Å². The van der Waals surface area contributed by atoms with Crippen molar-refractivity contribution >= 4 is 17.8 Å². The van der Waals surface area contributed by atoms with Crippen molar-refractivity contribution in [3.8, 4) is 0 Å². The number of carbonyl (C=O) groups excluding carboxylic acids is 1. The van der Waals surface area contributed by atoms with Crippen molar-refractivity contribution in [2.75, 3.05) is 13.1 Å². The van der Waals surface area contributed by atoms with E-state index in [0.29, 0.717) is 6.54 Å². The Bertz CT molecular complexity index is 355. The molecule has 108 valence electrons. The number of nitrogens with zero attached hydrogens (tertiary/aromatic N) is 1. The van der Waals surface area contributed by atoms with Gasteiger partial charge < -0.3 is 15.1 Å². The molecular formula is C13H21NO5. The maximum Gasteiger partial charge on any atom is 0.309 e. The minimum Gasteiger partial charge on any atom is -0.481 e. The average molecular weight is 271 g/mol. The van der Waals surface area contributed by atoms with Gasteiger partial charge in [0.2, 0.25) is 5.91 Å². The van der Waals surface area contributed by atoms with Crippen molar-refractivity contribution in [3.63, 3.8) is 0 Å². The monoisotopic (exact) mass is 271 g/mol. The highest BCUT2D eigenvalue weighted by Gasteiger charge is 2.42. The Morgan fingerprint density at radius 1 is 1.16 bits per heavy atom. The summed E-state index contributed by atoms with van der Waals surface area (Å²) < 4.78 is 0. The number of aliphatic carboxylic acids is 2. The van der Waals surface area contributed by atoms with Gasteiger partial charge in [0.1, 0.15) is 0 Å². The quantitative estimate of drug-likeness (QED) is 0.678. The third kappa shape index (κ3) is 4.22. The van der Waals surface area contributed by atoms with E-state index in [-0.39, 0.29) is 18.9 Å². The summed E-state index contributed by atoms with van der Waals surface area (Å²) in [5, 5.41) is 18.0. The molecule has 1 fully saturated rings. The zero-order valence-corrected chi connectivity index (χ0v) is 11.2. The molecular weight excluding hydrogens is 250 g/mol. The molecule has 1 aliphatic rings. The Hall–Kier alpha value is -1.59. The van der Waals surface area contributed by atoms with Gasteiger partial charge in [0.05, 0.1) is 11.8 Å². The van der Waals surface area contributed by atoms with E-state index in [1.54, 1.807) is 0 Å². The maximum atomic E-state index is 11.8. The number of hydrogen-bond acceptors (Lipinski definition) is 3. The van der Waals surface area contributed by atoms with E-state index in [9.17, 15) is 14.4 Å². The molecule has 1 saturated heterocycles. The molecule has 1 heterocycles. The minimum atomic E-state index is -1.20. The van der Waals surface area contributed by atoms with Crippen LogP contribution < -0.4 is 0 Å². The fourth-order valence-electron chi connectivity index (χ4n) is 2.38. The van der Waals surface area contributed by atoms with Crippen LogP contribution in [0.2, 0.25) is 0 Å². The van der Waals surface area contributed by atoms with Crippen LogP contribution in [0.1, 0.15) is 39.0 Å². The summed E-state index contributed by atoms with van der Waals surface area (Å²) in [5.74, 6) is -4.69. The van der Waals surface area contributed by atoms with Gasteiger partial charge >= 0.3 is 11.9 Å². The molecule has 19 heavy (non-hydrogen) atoms. The lowest BCUT2D eigenvalue weighted by molar-refractivity contribution is -0.161. The van der Waals surface area contributed by atoms with Gasteiger partial charge in [0.15, 0.2) is 0 Å². The summed E-state index contributed by atoms with van der Waals surface area (Å²) in [6.45, 7) is 2.62. The number of carbonyl (C=O) groups is 3. The first-order valence-electron chi connectivity index (χ1n) is 6.70. The first-order chi connectivity index (χ1) is 8.97. The Morgan fingerprint density at radius 3 is 2.32 bits per heavy atom. The van der Waals surface area contributed by atoms with Crippen LogP contribution in [0.5, 0.6) is 0 Å². The van der Waals surface area contributed by atoms with Crippen molar-refractivity contribution in [3.05, 3.63) is 0 Å². The van der Waals surface area contributed by atoms with Crippen molar-refractivity contribution in [1.82, 2.24) is 4.90 Å². The van der Waals surface area contributed by atoms with E-state index in [0.717, 1.165) is 25.7 Å². The number of rotatable bonds is 7. The van der Waals surface area contributed by atoms with E-state index in [1.807, 2.05) is 0 Å². The zero-order chi connectivity index (χ0) is 14.4. The van der Waals surface area contributed by atoms with Gasteiger partial charge in [-0.3, -0.25) is 14.4 Å². The molecule has 0 bridgehead atoms. The molecule has 1 aliphatic heterocycles. The van der Waals surface area contributed by atoms with Crippen LogP contribution in [-0.4, -0.2) is 46.0 Å². The van der Waals surface area contributed by atoms with Crippen LogP contribution in [0.25, 0.3) is 0 Å². The van der Waals surface area contributed by atoms with Crippen molar-refractivity contribution in [2.24, 2.45) is 11.8 Å². The molecule has 2 unspecified atom stereocenters. The molecule has 0 radical (unpaired) electrons.